The second kappa shape index (κ2) is 9.61. The van der Waals surface area contributed by atoms with Crippen molar-refractivity contribution in [1.82, 2.24) is 13.9 Å². The molecule has 0 unspecified atom stereocenters. The summed E-state index contributed by atoms with van der Waals surface area (Å²) in [7, 11) is -3.52. The Bertz CT molecular complexity index is 1280. The first kappa shape index (κ1) is 23.4. The summed E-state index contributed by atoms with van der Waals surface area (Å²) in [5, 5.41) is 2.72. The number of sulfonamides is 1. The zero-order chi connectivity index (χ0) is 23.6. The number of carbonyl (C=O) groups is 1. The number of hydrogen-bond acceptors (Lipinski definition) is 4. The Hall–Kier alpha value is -2.78. The average molecular weight is 473 g/mol. The number of aromatic nitrogens is 2. The molecule has 1 amide bonds. The largest absolute Gasteiger partial charge is 0.328 e. The maximum atomic E-state index is 13.7. The number of amides is 1. The van der Waals surface area contributed by atoms with Gasteiger partial charge in [-0.2, -0.15) is 4.31 Å². The van der Waals surface area contributed by atoms with E-state index in [2.05, 4.69) is 17.2 Å². The van der Waals surface area contributed by atoms with Crippen LogP contribution >= 0.6 is 0 Å². The van der Waals surface area contributed by atoms with Crippen LogP contribution in [0.4, 0.5) is 10.1 Å². The van der Waals surface area contributed by atoms with E-state index in [9.17, 15) is 17.6 Å². The molecule has 0 atom stereocenters. The summed E-state index contributed by atoms with van der Waals surface area (Å²) >= 11 is 0. The molecule has 1 N–H and O–H groups in total. The number of benzene rings is 2. The number of nitrogens with zero attached hydrogens (tertiary/aromatic N) is 3. The lowest BCUT2D eigenvalue weighted by molar-refractivity contribution is -0.116. The summed E-state index contributed by atoms with van der Waals surface area (Å²) in [6.07, 6.45) is 3.22. The molecule has 1 aliphatic rings. The van der Waals surface area contributed by atoms with Crippen molar-refractivity contribution in [2.75, 3.05) is 18.4 Å². The van der Waals surface area contributed by atoms with Gasteiger partial charge in [0, 0.05) is 38.2 Å². The predicted octanol–water partition coefficient (Wildman–Crippen LogP) is 4.25. The lowest BCUT2D eigenvalue weighted by Crippen LogP contribution is -2.27. The molecule has 3 aromatic rings. The van der Waals surface area contributed by atoms with Crippen LogP contribution in [0.1, 0.15) is 44.0 Å². The van der Waals surface area contributed by atoms with Crippen molar-refractivity contribution in [3.8, 4) is 0 Å². The van der Waals surface area contributed by atoms with Gasteiger partial charge in [-0.1, -0.05) is 13.0 Å². The third kappa shape index (κ3) is 4.94. The van der Waals surface area contributed by atoms with Crippen LogP contribution in [0.15, 0.2) is 41.3 Å². The zero-order valence-electron chi connectivity index (χ0n) is 19.0. The third-order valence-corrected chi connectivity index (χ3v) is 7.87. The van der Waals surface area contributed by atoms with Gasteiger partial charge >= 0.3 is 0 Å². The molecule has 7 nitrogen and oxygen atoms in total. The van der Waals surface area contributed by atoms with Gasteiger partial charge in [-0.15, -0.1) is 0 Å². The second-order valence-electron chi connectivity index (χ2n) is 8.45. The number of halogens is 1. The van der Waals surface area contributed by atoms with Crippen LogP contribution in [0.3, 0.4) is 0 Å². The highest BCUT2D eigenvalue weighted by Crippen LogP contribution is 2.26. The number of nitrogens with one attached hydrogen (secondary N) is 1. The highest BCUT2D eigenvalue weighted by molar-refractivity contribution is 7.89. The van der Waals surface area contributed by atoms with Crippen LogP contribution in [0.2, 0.25) is 0 Å². The van der Waals surface area contributed by atoms with Gasteiger partial charge < -0.3 is 9.88 Å². The third-order valence-electron chi connectivity index (χ3n) is 5.98. The van der Waals surface area contributed by atoms with E-state index >= 15 is 0 Å². The fourth-order valence-electron chi connectivity index (χ4n) is 4.18. The van der Waals surface area contributed by atoms with Crippen LogP contribution in [-0.4, -0.2) is 41.3 Å². The smallest absolute Gasteiger partial charge is 0.243 e. The maximum Gasteiger partial charge on any atom is 0.243 e. The molecule has 1 aliphatic heterocycles. The Morgan fingerprint density at radius 2 is 1.91 bits per heavy atom. The molecule has 0 bridgehead atoms. The number of aryl methyl sites for hydroxylation is 3. The van der Waals surface area contributed by atoms with E-state index < -0.39 is 10.0 Å². The summed E-state index contributed by atoms with van der Waals surface area (Å²) in [4.78, 5) is 17.4. The first-order chi connectivity index (χ1) is 15.8. The first-order valence-electron chi connectivity index (χ1n) is 11.3. The van der Waals surface area contributed by atoms with Gasteiger partial charge in [0.25, 0.3) is 0 Å². The molecule has 33 heavy (non-hydrogen) atoms. The maximum absolute atomic E-state index is 13.7. The van der Waals surface area contributed by atoms with E-state index in [1.807, 2.05) is 4.57 Å². The molecule has 0 aliphatic carbocycles. The van der Waals surface area contributed by atoms with Crippen LogP contribution < -0.4 is 5.32 Å². The average Bonchev–Trinajstić information content (AvgIpc) is 3.44. The van der Waals surface area contributed by atoms with E-state index in [4.69, 9.17) is 0 Å². The highest BCUT2D eigenvalue weighted by atomic mass is 32.2. The zero-order valence-corrected chi connectivity index (χ0v) is 19.8. The van der Waals surface area contributed by atoms with E-state index in [0.29, 0.717) is 36.3 Å². The number of carbonyl (C=O) groups excluding carboxylic acids is 1. The number of imidazole rings is 1. The molecular formula is C24H29FN4O3S. The summed E-state index contributed by atoms with van der Waals surface area (Å²) in [6.45, 7) is 5.54. The molecule has 1 saturated heterocycles. The standard InChI is InChI=1S/C24H29FN4O3S/c1-3-12-29-22-9-8-19(33(31,32)28-13-4-5-14-28)16-21(22)27-23(29)10-11-24(30)26-18-7-6-17(2)20(25)15-18/h6-9,15-16H,3-5,10-14H2,1-2H3,(H,26,30). The van der Waals surface area contributed by atoms with Crippen LogP contribution in [0.5, 0.6) is 0 Å². The molecule has 2 aromatic carbocycles. The van der Waals surface area contributed by atoms with Crippen molar-refractivity contribution < 1.29 is 17.6 Å². The summed E-state index contributed by atoms with van der Waals surface area (Å²) in [6, 6.07) is 9.69. The minimum Gasteiger partial charge on any atom is -0.328 e. The monoisotopic (exact) mass is 472 g/mol. The molecule has 0 radical (unpaired) electrons. The van der Waals surface area contributed by atoms with Crippen molar-refractivity contribution in [2.24, 2.45) is 0 Å². The normalized spacial score (nSPS) is 14.8. The fraction of sp³-hybridized carbons (Fsp3) is 0.417. The van der Waals surface area contributed by atoms with Crippen LogP contribution in [-0.2, 0) is 27.8 Å². The van der Waals surface area contributed by atoms with Gasteiger partial charge in [-0.25, -0.2) is 17.8 Å². The SMILES string of the molecule is CCCn1c(CCC(=O)Nc2ccc(C)c(F)c2)nc2cc(S(=O)(=O)N3CCCC3)ccc21. The van der Waals surface area contributed by atoms with Gasteiger partial charge in [-0.3, -0.25) is 4.79 Å². The van der Waals surface area contributed by atoms with E-state index in [1.54, 1.807) is 37.3 Å². The Balaban J connectivity index is 1.54. The Kier molecular flexibility index (Phi) is 6.81. The molecular weight excluding hydrogens is 443 g/mol. The Labute approximate surface area is 193 Å². The first-order valence-corrected chi connectivity index (χ1v) is 12.8. The Morgan fingerprint density at radius 1 is 1.15 bits per heavy atom. The number of anilines is 1. The van der Waals surface area contributed by atoms with Crippen molar-refractivity contribution in [3.05, 3.63) is 53.6 Å². The second-order valence-corrected chi connectivity index (χ2v) is 10.4. The van der Waals surface area contributed by atoms with Gasteiger partial charge in [-0.05, 0) is 62.1 Å². The molecule has 1 aromatic heterocycles. The Morgan fingerprint density at radius 3 is 2.61 bits per heavy atom. The van der Waals surface area contributed by atoms with Crippen molar-refractivity contribution >= 4 is 32.7 Å². The quantitative estimate of drug-likeness (QED) is 0.531. The van der Waals surface area contributed by atoms with Crippen molar-refractivity contribution in [3.63, 3.8) is 0 Å². The minimum atomic E-state index is -3.52. The number of hydrogen-bond donors (Lipinski definition) is 1. The predicted molar refractivity (Wildman–Crippen MR) is 126 cm³/mol. The number of rotatable bonds is 8. The van der Waals surface area contributed by atoms with E-state index in [0.717, 1.165) is 37.1 Å². The van der Waals surface area contributed by atoms with E-state index in [1.165, 1.54) is 10.4 Å². The van der Waals surface area contributed by atoms with Crippen molar-refractivity contribution in [1.29, 1.82) is 0 Å². The van der Waals surface area contributed by atoms with Crippen molar-refractivity contribution in [2.45, 2.75) is 57.4 Å². The number of fused-ring (bicyclic) bond motifs is 1. The molecule has 0 saturated carbocycles. The molecule has 1 fully saturated rings. The fourth-order valence-corrected chi connectivity index (χ4v) is 5.72. The summed E-state index contributed by atoms with van der Waals surface area (Å²) < 4.78 is 43.2. The molecule has 176 valence electrons. The van der Waals surface area contributed by atoms with Crippen LogP contribution in [0, 0.1) is 12.7 Å². The van der Waals surface area contributed by atoms with Gasteiger partial charge in [0.15, 0.2) is 0 Å². The minimum absolute atomic E-state index is 0.182. The van der Waals surface area contributed by atoms with Gasteiger partial charge in [0.05, 0.1) is 15.9 Å². The van der Waals surface area contributed by atoms with Crippen LogP contribution in [0.25, 0.3) is 11.0 Å². The molecule has 4 rings (SSSR count). The molecule has 9 heteroatoms. The summed E-state index contributed by atoms with van der Waals surface area (Å²) in [5.74, 6) is 0.135. The van der Waals surface area contributed by atoms with E-state index in [-0.39, 0.29) is 23.0 Å². The molecule has 0 spiro atoms. The lowest BCUT2D eigenvalue weighted by atomic mass is 10.2. The highest BCUT2D eigenvalue weighted by Gasteiger charge is 2.27. The summed E-state index contributed by atoms with van der Waals surface area (Å²) in [5.41, 5.74) is 2.40. The van der Waals surface area contributed by atoms with Gasteiger partial charge in [0.2, 0.25) is 15.9 Å². The van der Waals surface area contributed by atoms with Gasteiger partial charge in [0.1, 0.15) is 11.6 Å². The molecule has 2 heterocycles. The topological polar surface area (TPSA) is 84.3 Å². The lowest BCUT2D eigenvalue weighted by Gasteiger charge is -2.15.